The minimum Gasteiger partial charge on any atom is -0.376 e. The predicted molar refractivity (Wildman–Crippen MR) is 69.9 cm³/mol. The highest BCUT2D eigenvalue weighted by Crippen LogP contribution is 2.10. The van der Waals surface area contributed by atoms with Gasteiger partial charge in [0.2, 0.25) is 5.91 Å². The van der Waals surface area contributed by atoms with Crippen molar-refractivity contribution < 1.29 is 13.6 Å². The van der Waals surface area contributed by atoms with Crippen molar-refractivity contribution in [3.05, 3.63) is 60.2 Å². The number of rotatable bonds is 4. The Kier molecular flexibility index (Phi) is 4.07. The number of carbonyl (C=O) groups excluding carboxylic acids is 1. The fraction of sp³-hybridized carbons (Fsp3) is 0.0714. The van der Waals surface area contributed by atoms with E-state index in [-0.39, 0.29) is 18.3 Å². The first-order valence-corrected chi connectivity index (χ1v) is 5.68. The molecule has 0 heterocycles. The molecule has 2 N–H and O–H groups in total. The van der Waals surface area contributed by atoms with Gasteiger partial charge in [-0.25, -0.2) is 8.78 Å². The number of nitrogens with one attached hydrogen (secondary N) is 2. The fourth-order valence-electron chi connectivity index (χ4n) is 1.52. The first-order chi connectivity index (χ1) is 9.13. The molecule has 0 saturated heterocycles. The molecule has 0 saturated carbocycles. The molecule has 0 unspecified atom stereocenters. The van der Waals surface area contributed by atoms with E-state index in [1.165, 1.54) is 42.5 Å². The van der Waals surface area contributed by atoms with Crippen LogP contribution in [0, 0.1) is 11.6 Å². The molecule has 1 amide bonds. The van der Waals surface area contributed by atoms with E-state index in [2.05, 4.69) is 10.6 Å². The summed E-state index contributed by atoms with van der Waals surface area (Å²) in [6.45, 7) is 0.0160. The van der Waals surface area contributed by atoms with E-state index in [1.54, 1.807) is 6.07 Å². The van der Waals surface area contributed by atoms with Crippen LogP contribution >= 0.6 is 0 Å². The van der Waals surface area contributed by atoms with Crippen LogP contribution < -0.4 is 10.6 Å². The van der Waals surface area contributed by atoms with Crippen molar-refractivity contribution in [1.82, 2.24) is 0 Å². The van der Waals surface area contributed by atoms with Crippen LogP contribution in [0.25, 0.3) is 0 Å². The van der Waals surface area contributed by atoms with Crippen LogP contribution in [0.15, 0.2) is 48.5 Å². The molecule has 0 aliphatic carbocycles. The van der Waals surface area contributed by atoms with E-state index in [0.29, 0.717) is 11.4 Å². The molecule has 5 heteroatoms. The van der Waals surface area contributed by atoms with E-state index < -0.39 is 5.82 Å². The molecule has 0 fully saturated rings. The third-order valence-corrected chi connectivity index (χ3v) is 2.41. The molecule has 0 aromatic heterocycles. The van der Waals surface area contributed by atoms with Crippen molar-refractivity contribution >= 4 is 17.3 Å². The third kappa shape index (κ3) is 4.06. The van der Waals surface area contributed by atoms with Crippen molar-refractivity contribution in [3.8, 4) is 0 Å². The lowest BCUT2D eigenvalue weighted by Gasteiger charge is -2.07. The van der Waals surface area contributed by atoms with Gasteiger partial charge in [-0.3, -0.25) is 4.79 Å². The number of amides is 1. The highest BCUT2D eigenvalue weighted by atomic mass is 19.1. The zero-order valence-corrected chi connectivity index (χ0v) is 9.99. The molecule has 0 bridgehead atoms. The summed E-state index contributed by atoms with van der Waals surface area (Å²) < 4.78 is 25.6. The van der Waals surface area contributed by atoms with Crippen LogP contribution in [-0.4, -0.2) is 12.5 Å². The summed E-state index contributed by atoms with van der Waals surface area (Å²) in [6.07, 6.45) is 0. The van der Waals surface area contributed by atoms with Crippen molar-refractivity contribution in [1.29, 1.82) is 0 Å². The summed E-state index contributed by atoms with van der Waals surface area (Å²) in [4.78, 5) is 11.6. The number of benzene rings is 2. The fourth-order valence-corrected chi connectivity index (χ4v) is 1.52. The lowest BCUT2D eigenvalue weighted by Crippen LogP contribution is -2.21. The van der Waals surface area contributed by atoms with Gasteiger partial charge >= 0.3 is 0 Å². The molecule has 0 spiro atoms. The zero-order chi connectivity index (χ0) is 13.7. The van der Waals surface area contributed by atoms with Crippen LogP contribution in [0.4, 0.5) is 20.2 Å². The maximum absolute atomic E-state index is 12.9. The average molecular weight is 262 g/mol. The van der Waals surface area contributed by atoms with E-state index in [0.717, 1.165) is 0 Å². The van der Waals surface area contributed by atoms with Gasteiger partial charge in [-0.1, -0.05) is 6.07 Å². The second-order valence-corrected chi connectivity index (χ2v) is 3.92. The first kappa shape index (κ1) is 13.0. The molecule has 0 aliphatic heterocycles. The third-order valence-electron chi connectivity index (χ3n) is 2.41. The second-order valence-electron chi connectivity index (χ2n) is 3.92. The molecule has 0 aliphatic rings. The predicted octanol–water partition coefficient (Wildman–Crippen LogP) is 3.02. The van der Waals surface area contributed by atoms with Gasteiger partial charge in [0.05, 0.1) is 6.54 Å². The van der Waals surface area contributed by atoms with Gasteiger partial charge < -0.3 is 10.6 Å². The van der Waals surface area contributed by atoms with E-state index in [1.807, 2.05) is 0 Å². The Hall–Kier alpha value is -2.43. The van der Waals surface area contributed by atoms with Crippen molar-refractivity contribution in [2.24, 2.45) is 0 Å². The Morgan fingerprint density at radius 1 is 0.947 bits per heavy atom. The topological polar surface area (TPSA) is 41.1 Å². The molecule has 0 radical (unpaired) electrons. The Morgan fingerprint density at radius 3 is 2.37 bits per heavy atom. The Balaban J connectivity index is 1.86. The molecule has 0 atom stereocenters. The van der Waals surface area contributed by atoms with Crippen LogP contribution in [-0.2, 0) is 4.79 Å². The largest absolute Gasteiger partial charge is 0.376 e. The zero-order valence-electron chi connectivity index (χ0n) is 9.99. The Labute approximate surface area is 109 Å². The monoisotopic (exact) mass is 262 g/mol. The van der Waals surface area contributed by atoms with Gasteiger partial charge in [0.25, 0.3) is 0 Å². The molecular formula is C14H12F2N2O. The quantitative estimate of drug-likeness (QED) is 0.889. The molecule has 3 nitrogen and oxygen atoms in total. The normalized spacial score (nSPS) is 10.0. The van der Waals surface area contributed by atoms with Crippen LogP contribution in [0.1, 0.15) is 0 Å². The van der Waals surface area contributed by atoms with Crippen LogP contribution in [0.2, 0.25) is 0 Å². The molecule has 2 rings (SSSR count). The lowest BCUT2D eigenvalue weighted by atomic mass is 10.3. The van der Waals surface area contributed by atoms with Crippen molar-refractivity contribution in [2.75, 3.05) is 17.2 Å². The number of anilines is 2. The number of carbonyl (C=O) groups is 1. The molecule has 98 valence electrons. The smallest absolute Gasteiger partial charge is 0.243 e. The minimum atomic E-state index is -0.413. The SMILES string of the molecule is O=C(CNc1ccc(F)cc1)Nc1cccc(F)c1. The molecule has 2 aromatic carbocycles. The van der Waals surface area contributed by atoms with Gasteiger partial charge in [-0.15, -0.1) is 0 Å². The summed E-state index contributed by atoms with van der Waals surface area (Å²) in [7, 11) is 0. The van der Waals surface area contributed by atoms with Crippen molar-refractivity contribution in [3.63, 3.8) is 0 Å². The summed E-state index contributed by atoms with van der Waals surface area (Å²) in [5, 5.41) is 5.38. The summed E-state index contributed by atoms with van der Waals surface area (Å²) in [5.41, 5.74) is 1.03. The second kappa shape index (κ2) is 5.95. The maximum Gasteiger partial charge on any atom is 0.243 e. The highest BCUT2D eigenvalue weighted by Gasteiger charge is 2.03. The molecular weight excluding hydrogens is 250 g/mol. The highest BCUT2D eigenvalue weighted by molar-refractivity contribution is 5.93. The average Bonchev–Trinajstić information content (AvgIpc) is 2.38. The van der Waals surface area contributed by atoms with Crippen LogP contribution in [0.3, 0.4) is 0 Å². The molecule has 19 heavy (non-hydrogen) atoms. The summed E-state index contributed by atoms with van der Waals surface area (Å²) in [5.74, 6) is -1.06. The van der Waals surface area contributed by atoms with Crippen molar-refractivity contribution in [2.45, 2.75) is 0 Å². The Morgan fingerprint density at radius 2 is 1.68 bits per heavy atom. The maximum atomic E-state index is 12.9. The van der Waals surface area contributed by atoms with E-state index in [4.69, 9.17) is 0 Å². The summed E-state index contributed by atoms with van der Waals surface area (Å²) >= 11 is 0. The number of halogens is 2. The van der Waals surface area contributed by atoms with Gasteiger partial charge in [-0.2, -0.15) is 0 Å². The van der Waals surface area contributed by atoms with Gasteiger partial charge in [0.15, 0.2) is 0 Å². The standard InChI is InChI=1S/C14H12F2N2O/c15-10-4-6-12(7-5-10)17-9-14(19)18-13-3-1-2-11(16)8-13/h1-8,17H,9H2,(H,18,19). The van der Waals surface area contributed by atoms with Gasteiger partial charge in [0, 0.05) is 11.4 Å². The lowest BCUT2D eigenvalue weighted by molar-refractivity contribution is -0.114. The number of hydrogen-bond acceptors (Lipinski definition) is 2. The van der Waals surface area contributed by atoms with Crippen LogP contribution in [0.5, 0.6) is 0 Å². The van der Waals surface area contributed by atoms with E-state index in [9.17, 15) is 13.6 Å². The number of hydrogen-bond donors (Lipinski definition) is 2. The minimum absolute atomic E-state index is 0.0160. The van der Waals surface area contributed by atoms with Gasteiger partial charge in [0.1, 0.15) is 11.6 Å². The summed E-state index contributed by atoms with van der Waals surface area (Å²) in [6, 6.07) is 11.3. The molecule has 2 aromatic rings. The first-order valence-electron chi connectivity index (χ1n) is 5.68. The van der Waals surface area contributed by atoms with E-state index >= 15 is 0 Å². The van der Waals surface area contributed by atoms with Gasteiger partial charge in [-0.05, 0) is 42.5 Å². The Bertz CT molecular complexity index is 570.